The van der Waals surface area contributed by atoms with Gasteiger partial charge in [0, 0.05) is 38.7 Å². The molecule has 0 fully saturated rings. The molecule has 0 unspecified atom stereocenters. The second-order valence-electron chi connectivity index (χ2n) is 5.11. The van der Waals surface area contributed by atoms with Crippen molar-refractivity contribution >= 4 is 29.9 Å². The third-order valence-electron chi connectivity index (χ3n) is 3.29. The van der Waals surface area contributed by atoms with Crippen molar-refractivity contribution in [1.82, 2.24) is 15.8 Å². The fourth-order valence-electron chi connectivity index (χ4n) is 2.10. The van der Waals surface area contributed by atoms with E-state index in [2.05, 4.69) is 25.5 Å². The minimum atomic E-state index is -4.28. The molecule has 6 nitrogen and oxygen atoms in total. The largest absolute Gasteiger partial charge is 0.411 e. The predicted octanol–water partition coefficient (Wildman–Crippen LogP) is 3.05. The highest BCUT2D eigenvalue weighted by Crippen LogP contribution is 2.15. The normalized spacial score (nSPS) is 12.0. The lowest BCUT2D eigenvalue weighted by atomic mass is 10.1. The molecule has 0 saturated carbocycles. The first-order chi connectivity index (χ1) is 11.4. The number of alkyl halides is 3. The van der Waals surface area contributed by atoms with Crippen molar-refractivity contribution in [3.63, 3.8) is 0 Å². The van der Waals surface area contributed by atoms with Gasteiger partial charge in [-0.1, -0.05) is 19.0 Å². The van der Waals surface area contributed by atoms with Gasteiger partial charge in [0.15, 0.2) is 5.96 Å². The van der Waals surface area contributed by atoms with E-state index in [9.17, 15) is 13.2 Å². The van der Waals surface area contributed by atoms with Crippen LogP contribution in [-0.4, -0.2) is 44.1 Å². The number of guanidine groups is 1. The minimum Gasteiger partial charge on any atom is -0.372 e. The Bertz CT molecular complexity index is 500. The summed E-state index contributed by atoms with van der Waals surface area (Å²) in [4.78, 5) is 4.08. The van der Waals surface area contributed by atoms with E-state index < -0.39 is 12.8 Å². The highest BCUT2D eigenvalue weighted by Gasteiger charge is 2.27. The van der Waals surface area contributed by atoms with Gasteiger partial charge in [0.1, 0.15) is 12.4 Å². The molecule has 0 radical (unpaired) electrons. The van der Waals surface area contributed by atoms with E-state index in [1.807, 2.05) is 13.8 Å². The summed E-state index contributed by atoms with van der Waals surface area (Å²) in [6.07, 6.45) is -2.29. The Balaban J connectivity index is 0.00000576. The van der Waals surface area contributed by atoms with Crippen LogP contribution in [0.4, 0.5) is 13.2 Å². The van der Waals surface area contributed by atoms with Crippen LogP contribution >= 0.6 is 24.0 Å². The molecule has 1 aromatic rings. The molecule has 0 aliphatic heterocycles. The Morgan fingerprint density at radius 3 is 2.52 bits per heavy atom. The van der Waals surface area contributed by atoms with Crippen molar-refractivity contribution in [2.75, 3.05) is 26.8 Å². The Hall–Kier alpha value is -1.04. The fraction of sp³-hybridized carbons (Fsp3) is 0.733. The molecule has 0 aromatic carbocycles. The molecule has 10 heteroatoms. The van der Waals surface area contributed by atoms with Gasteiger partial charge in [-0.3, -0.25) is 4.99 Å². The van der Waals surface area contributed by atoms with Crippen molar-refractivity contribution < 1.29 is 22.4 Å². The predicted molar refractivity (Wildman–Crippen MR) is 100 cm³/mol. The highest BCUT2D eigenvalue weighted by atomic mass is 127. The number of aromatic nitrogens is 1. The summed E-state index contributed by atoms with van der Waals surface area (Å²) >= 11 is 0. The minimum absolute atomic E-state index is 0. The third-order valence-corrected chi connectivity index (χ3v) is 3.29. The average Bonchev–Trinajstić information content (AvgIpc) is 2.94. The topological polar surface area (TPSA) is 71.7 Å². The zero-order valence-electron chi connectivity index (χ0n) is 14.7. The highest BCUT2D eigenvalue weighted by molar-refractivity contribution is 14.0. The molecule has 1 aromatic heterocycles. The van der Waals surface area contributed by atoms with Crippen LogP contribution in [0.1, 0.15) is 37.3 Å². The summed E-state index contributed by atoms with van der Waals surface area (Å²) < 4.78 is 45.6. The number of rotatable bonds is 9. The van der Waals surface area contributed by atoms with Gasteiger partial charge < -0.3 is 19.9 Å². The second kappa shape index (κ2) is 12.3. The standard InChI is InChI=1S/C15H25F3N4O2.HI/c1-4-12-11(13(5-2)24-22-12)9-21-14(19-3)20-7-6-8-23-10-15(16,17)18;/h4-10H2,1-3H3,(H2,19,20,21);1H. The molecule has 25 heavy (non-hydrogen) atoms. The molecular formula is C15H26F3IN4O2. The molecule has 0 aliphatic carbocycles. The van der Waals surface area contributed by atoms with Crippen molar-refractivity contribution in [1.29, 1.82) is 0 Å². The summed E-state index contributed by atoms with van der Waals surface area (Å²) in [5.74, 6) is 1.41. The van der Waals surface area contributed by atoms with Crippen molar-refractivity contribution in [2.24, 2.45) is 4.99 Å². The quantitative estimate of drug-likeness (QED) is 0.247. The summed E-state index contributed by atoms with van der Waals surface area (Å²) in [6, 6.07) is 0. The first-order valence-electron chi connectivity index (χ1n) is 7.96. The summed E-state index contributed by atoms with van der Waals surface area (Å²) in [5, 5.41) is 10.2. The monoisotopic (exact) mass is 478 g/mol. The maximum atomic E-state index is 11.9. The zero-order valence-corrected chi connectivity index (χ0v) is 17.0. The van der Waals surface area contributed by atoms with Gasteiger partial charge in [-0.2, -0.15) is 13.2 Å². The fourth-order valence-corrected chi connectivity index (χ4v) is 2.10. The van der Waals surface area contributed by atoms with Crippen molar-refractivity contribution in [3.05, 3.63) is 17.0 Å². The lowest BCUT2D eigenvalue weighted by Gasteiger charge is -2.12. The zero-order chi connectivity index (χ0) is 18.0. The van der Waals surface area contributed by atoms with Crippen LogP contribution in [0.15, 0.2) is 9.52 Å². The van der Waals surface area contributed by atoms with Crippen LogP contribution in [0, 0.1) is 0 Å². The lowest BCUT2D eigenvalue weighted by Crippen LogP contribution is -2.38. The van der Waals surface area contributed by atoms with Crippen LogP contribution < -0.4 is 10.6 Å². The number of nitrogens with one attached hydrogen (secondary N) is 2. The Kier molecular flexibility index (Phi) is 11.8. The molecule has 146 valence electrons. The van der Waals surface area contributed by atoms with Crippen molar-refractivity contribution in [3.8, 4) is 0 Å². The van der Waals surface area contributed by atoms with Gasteiger partial charge in [-0.05, 0) is 12.8 Å². The first-order valence-corrected chi connectivity index (χ1v) is 7.96. The molecule has 0 aliphatic rings. The number of nitrogens with zero attached hydrogens (tertiary/aromatic N) is 2. The van der Waals surface area contributed by atoms with Crippen LogP contribution in [0.2, 0.25) is 0 Å². The Labute approximate surface area is 163 Å². The van der Waals surface area contributed by atoms with Crippen LogP contribution in [0.5, 0.6) is 0 Å². The number of hydrogen-bond donors (Lipinski definition) is 2. The van der Waals surface area contributed by atoms with E-state index >= 15 is 0 Å². The number of aryl methyl sites for hydroxylation is 2. The molecule has 1 heterocycles. The average molecular weight is 478 g/mol. The molecule has 0 saturated heterocycles. The maximum absolute atomic E-state index is 11.9. The van der Waals surface area contributed by atoms with E-state index in [1.54, 1.807) is 7.05 Å². The van der Waals surface area contributed by atoms with Gasteiger partial charge in [-0.25, -0.2) is 0 Å². The lowest BCUT2D eigenvalue weighted by molar-refractivity contribution is -0.173. The second-order valence-corrected chi connectivity index (χ2v) is 5.11. The van der Waals surface area contributed by atoms with E-state index in [4.69, 9.17) is 4.52 Å². The summed E-state index contributed by atoms with van der Waals surface area (Å²) in [7, 11) is 1.63. The van der Waals surface area contributed by atoms with Gasteiger partial charge in [0.05, 0.1) is 5.69 Å². The number of hydrogen-bond acceptors (Lipinski definition) is 4. The van der Waals surface area contributed by atoms with E-state index in [0.29, 0.717) is 25.5 Å². The third kappa shape index (κ3) is 9.28. The molecule has 0 spiro atoms. The molecular weight excluding hydrogens is 452 g/mol. The first kappa shape index (κ1) is 24.0. The molecule has 0 atom stereocenters. The smallest absolute Gasteiger partial charge is 0.372 e. The summed E-state index contributed by atoms with van der Waals surface area (Å²) in [5.41, 5.74) is 1.94. The van der Waals surface area contributed by atoms with Gasteiger partial charge in [0.25, 0.3) is 0 Å². The van der Waals surface area contributed by atoms with Gasteiger partial charge in [0.2, 0.25) is 0 Å². The van der Waals surface area contributed by atoms with Gasteiger partial charge in [-0.15, -0.1) is 24.0 Å². The number of ether oxygens (including phenoxy) is 1. The van der Waals surface area contributed by atoms with Crippen LogP contribution in [0.3, 0.4) is 0 Å². The van der Waals surface area contributed by atoms with Crippen LogP contribution in [-0.2, 0) is 24.1 Å². The Morgan fingerprint density at radius 1 is 1.24 bits per heavy atom. The van der Waals surface area contributed by atoms with Gasteiger partial charge >= 0.3 is 6.18 Å². The molecule has 2 N–H and O–H groups in total. The Morgan fingerprint density at radius 2 is 1.96 bits per heavy atom. The maximum Gasteiger partial charge on any atom is 0.411 e. The van der Waals surface area contributed by atoms with E-state index in [0.717, 1.165) is 29.9 Å². The molecule has 0 amide bonds. The van der Waals surface area contributed by atoms with Crippen molar-refractivity contribution in [2.45, 2.75) is 45.8 Å². The molecule has 1 rings (SSSR count). The van der Waals surface area contributed by atoms with E-state index in [-0.39, 0.29) is 30.6 Å². The summed E-state index contributed by atoms with van der Waals surface area (Å²) in [6.45, 7) is 3.82. The van der Waals surface area contributed by atoms with Crippen LogP contribution in [0.25, 0.3) is 0 Å². The molecule has 0 bridgehead atoms. The number of halogens is 4. The number of aliphatic imine (C=N–C) groups is 1. The van der Waals surface area contributed by atoms with E-state index in [1.165, 1.54) is 0 Å². The SMILES string of the molecule is CCc1noc(CC)c1CNC(=NC)NCCCOCC(F)(F)F.I.